The molecule has 0 aromatic heterocycles. The number of rotatable bonds is 7. The van der Waals surface area contributed by atoms with Crippen LogP contribution in [0.25, 0.3) is 0 Å². The van der Waals surface area contributed by atoms with Crippen molar-refractivity contribution in [2.45, 2.75) is 37.6 Å². The number of hydrogen-bond acceptors (Lipinski definition) is 9. The van der Waals surface area contributed by atoms with Gasteiger partial charge < -0.3 is 28.8 Å². The fourth-order valence-electron chi connectivity index (χ4n) is 3.27. The maximum atomic E-state index is 12.7. The third-order valence-electron chi connectivity index (χ3n) is 4.79. The number of hydrogen-bond donors (Lipinski definition) is 1. The fraction of sp³-hybridized carbons (Fsp3) is 0.348. The molecule has 1 saturated heterocycles. The molecule has 0 unspecified atom stereocenters. The van der Waals surface area contributed by atoms with Crippen molar-refractivity contribution in [3.05, 3.63) is 71.8 Å². The number of esters is 3. The van der Waals surface area contributed by atoms with Crippen LogP contribution in [0.1, 0.15) is 27.6 Å². The van der Waals surface area contributed by atoms with Gasteiger partial charge in [-0.25, -0.2) is 9.59 Å². The molecule has 9 heteroatoms. The predicted molar refractivity (Wildman–Crippen MR) is 110 cm³/mol. The molecule has 1 heterocycles. The number of methoxy groups -OCH3 is 1. The number of carbonyl (C=O) groups is 3. The lowest BCUT2D eigenvalue weighted by Gasteiger charge is -2.42. The van der Waals surface area contributed by atoms with Gasteiger partial charge in [0.25, 0.3) is 0 Å². The fourth-order valence-corrected chi connectivity index (χ4v) is 3.27. The molecule has 0 bridgehead atoms. The van der Waals surface area contributed by atoms with Crippen LogP contribution in [0.4, 0.5) is 0 Å². The average Bonchev–Trinajstić information content (AvgIpc) is 2.81. The molecule has 1 fully saturated rings. The SMILES string of the molecule is CO[C@H]1O[C@H](COC(=O)c2ccccc2)[C@@H](OC(=O)c2ccccc2)[C@H](OC(C)=O)[C@H]1O. The van der Waals surface area contributed by atoms with E-state index in [4.69, 9.17) is 23.7 Å². The van der Waals surface area contributed by atoms with Crippen LogP contribution < -0.4 is 0 Å². The van der Waals surface area contributed by atoms with Crippen molar-refractivity contribution in [3.8, 4) is 0 Å². The van der Waals surface area contributed by atoms with Crippen molar-refractivity contribution in [1.29, 1.82) is 0 Å². The molecule has 5 atom stereocenters. The Morgan fingerprint density at radius 2 is 1.44 bits per heavy atom. The highest BCUT2D eigenvalue weighted by atomic mass is 16.7. The summed E-state index contributed by atoms with van der Waals surface area (Å²) in [6.45, 7) is 0.815. The monoisotopic (exact) mass is 444 g/mol. The van der Waals surface area contributed by atoms with Gasteiger partial charge in [0.2, 0.25) is 0 Å². The van der Waals surface area contributed by atoms with Crippen LogP contribution in [-0.2, 0) is 28.5 Å². The number of aliphatic hydroxyl groups excluding tert-OH is 1. The van der Waals surface area contributed by atoms with E-state index in [0.717, 1.165) is 6.92 Å². The molecule has 0 radical (unpaired) electrons. The van der Waals surface area contributed by atoms with Gasteiger partial charge in [-0.15, -0.1) is 0 Å². The van der Waals surface area contributed by atoms with Gasteiger partial charge >= 0.3 is 17.9 Å². The zero-order chi connectivity index (χ0) is 23.1. The van der Waals surface area contributed by atoms with E-state index >= 15 is 0 Å². The van der Waals surface area contributed by atoms with E-state index in [1.54, 1.807) is 60.7 Å². The second kappa shape index (κ2) is 10.9. The maximum Gasteiger partial charge on any atom is 0.338 e. The van der Waals surface area contributed by atoms with Crippen molar-refractivity contribution >= 4 is 17.9 Å². The van der Waals surface area contributed by atoms with Crippen molar-refractivity contribution in [3.63, 3.8) is 0 Å². The highest BCUT2D eigenvalue weighted by molar-refractivity contribution is 5.90. The van der Waals surface area contributed by atoms with Crippen LogP contribution in [0.5, 0.6) is 0 Å². The summed E-state index contributed by atoms with van der Waals surface area (Å²) in [5.41, 5.74) is 0.568. The lowest BCUT2D eigenvalue weighted by atomic mass is 9.98. The Balaban J connectivity index is 1.82. The number of benzene rings is 2. The summed E-state index contributed by atoms with van der Waals surface area (Å²) in [6, 6.07) is 16.4. The van der Waals surface area contributed by atoms with E-state index in [2.05, 4.69) is 0 Å². The van der Waals surface area contributed by atoms with Crippen LogP contribution in [0, 0.1) is 0 Å². The van der Waals surface area contributed by atoms with Gasteiger partial charge in [-0.05, 0) is 24.3 Å². The van der Waals surface area contributed by atoms with Gasteiger partial charge in [-0.3, -0.25) is 4.79 Å². The molecule has 0 amide bonds. The molecule has 32 heavy (non-hydrogen) atoms. The third-order valence-corrected chi connectivity index (χ3v) is 4.79. The minimum Gasteiger partial charge on any atom is -0.459 e. The zero-order valence-corrected chi connectivity index (χ0v) is 17.6. The first-order valence-corrected chi connectivity index (χ1v) is 9.92. The molecular weight excluding hydrogens is 420 g/mol. The summed E-state index contributed by atoms with van der Waals surface area (Å²) >= 11 is 0. The van der Waals surface area contributed by atoms with E-state index in [0.29, 0.717) is 5.56 Å². The van der Waals surface area contributed by atoms with Gasteiger partial charge in [-0.1, -0.05) is 36.4 Å². The minimum atomic E-state index is -1.45. The summed E-state index contributed by atoms with van der Waals surface area (Å²) in [7, 11) is 1.29. The molecule has 3 rings (SSSR count). The van der Waals surface area contributed by atoms with Gasteiger partial charge in [0.15, 0.2) is 18.5 Å². The Morgan fingerprint density at radius 3 is 1.97 bits per heavy atom. The summed E-state index contributed by atoms with van der Waals surface area (Å²) in [5.74, 6) is -2.04. The van der Waals surface area contributed by atoms with Crippen molar-refractivity contribution in [1.82, 2.24) is 0 Å². The highest BCUT2D eigenvalue weighted by Gasteiger charge is 2.50. The largest absolute Gasteiger partial charge is 0.459 e. The Bertz CT molecular complexity index is 916. The Kier molecular flexibility index (Phi) is 7.93. The molecule has 9 nitrogen and oxygen atoms in total. The van der Waals surface area contributed by atoms with Crippen LogP contribution in [0.3, 0.4) is 0 Å². The van der Waals surface area contributed by atoms with E-state index in [1.807, 2.05) is 0 Å². The lowest BCUT2D eigenvalue weighted by molar-refractivity contribution is -0.296. The molecule has 0 spiro atoms. The number of ether oxygens (including phenoxy) is 5. The molecule has 0 saturated carbocycles. The average molecular weight is 444 g/mol. The quantitative estimate of drug-likeness (QED) is 0.503. The number of aliphatic hydroxyl groups is 1. The third kappa shape index (κ3) is 5.70. The molecular formula is C23H24O9. The van der Waals surface area contributed by atoms with E-state index < -0.39 is 48.6 Å². The van der Waals surface area contributed by atoms with Crippen molar-refractivity contribution in [2.75, 3.05) is 13.7 Å². The summed E-state index contributed by atoms with van der Waals surface area (Å²) in [5, 5.41) is 10.6. The number of carbonyl (C=O) groups excluding carboxylic acids is 3. The molecule has 170 valence electrons. The maximum absolute atomic E-state index is 12.7. The molecule has 0 aliphatic carbocycles. The van der Waals surface area contributed by atoms with Gasteiger partial charge in [-0.2, -0.15) is 0 Å². The predicted octanol–water partition coefficient (Wildman–Crippen LogP) is 1.73. The van der Waals surface area contributed by atoms with Gasteiger partial charge in [0.05, 0.1) is 11.1 Å². The van der Waals surface area contributed by atoms with Gasteiger partial charge in [0.1, 0.15) is 18.8 Å². The second-order valence-corrected chi connectivity index (χ2v) is 7.04. The van der Waals surface area contributed by atoms with Crippen LogP contribution in [0.15, 0.2) is 60.7 Å². The molecule has 2 aromatic carbocycles. The van der Waals surface area contributed by atoms with Crippen LogP contribution in [-0.4, -0.2) is 67.4 Å². The van der Waals surface area contributed by atoms with E-state index in [-0.39, 0.29) is 12.2 Å². The second-order valence-electron chi connectivity index (χ2n) is 7.04. The van der Waals surface area contributed by atoms with Crippen molar-refractivity contribution in [2.24, 2.45) is 0 Å². The standard InChI is InChI=1S/C23H24O9/c1-14(24)30-20-18(25)23(28-2)31-17(13-29-21(26)15-9-5-3-6-10-15)19(20)32-22(27)16-11-7-4-8-12-16/h3-12,17-20,23,25H,13H2,1-2H3/t17-,18-,19-,20-,23+/m1/s1. The summed E-state index contributed by atoms with van der Waals surface area (Å²) in [4.78, 5) is 36.7. The lowest BCUT2D eigenvalue weighted by Crippen LogP contribution is -2.61. The Labute approximate surface area is 184 Å². The Hall–Kier alpha value is -3.27. The van der Waals surface area contributed by atoms with Crippen LogP contribution >= 0.6 is 0 Å². The first-order chi connectivity index (χ1) is 15.4. The zero-order valence-electron chi connectivity index (χ0n) is 17.6. The summed E-state index contributed by atoms with van der Waals surface area (Å²) in [6.07, 6.45) is -6.30. The van der Waals surface area contributed by atoms with Crippen LogP contribution in [0.2, 0.25) is 0 Å². The first-order valence-electron chi connectivity index (χ1n) is 9.92. The molecule has 1 aliphatic rings. The molecule has 1 aliphatic heterocycles. The van der Waals surface area contributed by atoms with E-state index in [9.17, 15) is 19.5 Å². The topological polar surface area (TPSA) is 118 Å². The first kappa shape index (κ1) is 23.4. The summed E-state index contributed by atoms with van der Waals surface area (Å²) < 4.78 is 26.9. The normalized spacial score (nSPS) is 24.9. The van der Waals surface area contributed by atoms with Gasteiger partial charge in [0, 0.05) is 14.0 Å². The van der Waals surface area contributed by atoms with E-state index in [1.165, 1.54) is 7.11 Å². The van der Waals surface area contributed by atoms with Crippen molar-refractivity contribution < 1.29 is 43.2 Å². The Morgan fingerprint density at radius 1 is 0.875 bits per heavy atom. The molecule has 1 N–H and O–H groups in total. The smallest absolute Gasteiger partial charge is 0.338 e. The highest BCUT2D eigenvalue weighted by Crippen LogP contribution is 2.28. The minimum absolute atomic E-state index is 0.248. The molecule has 2 aromatic rings.